The number of hydrogen-bond donors (Lipinski definition) is 1. The number of nitrogens with one attached hydrogen (secondary N) is 1. The van der Waals surface area contributed by atoms with Gasteiger partial charge in [0.05, 0.1) is 6.54 Å². The number of piperidine rings is 1. The molecule has 3 aliphatic rings. The van der Waals surface area contributed by atoms with Crippen LogP contribution in [0.3, 0.4) is 0 Å². The molecule has 25 heavy (non-hydrogen) atoms. The Kier molecular flexibility index (Phi) is 4.02. The maximum absolute atomic E-state index is 12.7. The molecule has 4 rings (SSSR count). The van der Waals surface area contributed by atoms with Gasteiger partial charge in [0.1, 0.15) is 5.54 Å². The highest BCUT2D eigenvalue weighted by Crippen LogP contribution is 2.39. The summed E-state index contributed by atoms with van der Waals surface area (Å²) in [6, 6.07) is -0.278. The van der Waals surface area contributed by atoms with Gasteiger partial charge in [-0.05, 0) is 46.1 Å². The Labute approximate surface area is 146 Å². The fourth-order valence-electron chi connectivity index (χ4n) is 3.98. The molecule has 0 spiro atoms. The number of carbonyl (C=O) groups excluding carboxylic acids is 2. The Hall–Kier alpha value is -1.96. The molecule has 3 amide bonds. The molecule has 1 aromatic heterocycles. The van der Waals surface area contributed by atoms with Crippen molar-refractivity contribution < 1.29 is 14.1 Å². The van der Waals surface area contributed by atoms with E-state index in [-0.39, 0.29) is 17.9 Å². The number of urea groups is 1. The van der Waals surface area contributed by atoms with Crippen LogP contribution in [0.4, 0.5) is 4.79 Å². The van der Waals surface area contributed by atoms with Crippen molar-refractivity contribution in [1.82, 2.24) is 25.3 Å². The van der Waals surface area contributed by atoms with Gasteiger partial charge in [-0.25, -0.2) is 4.79 Å². The fourth-order valence-corrected chi connectivity index (χ4v) is 3.98. The Morgan fingerprint density at radius 1 is 1.32 bits per heavy atom. The van der Waals surface area contributed by atoms with Crippen LogP contribution in [0.1, 0.15) is 57.2 Å². The predicted molar refractivity (Wildman–Crippen MR) is 88.6 cm³/mol. The zero-order valence-electron chi connectivity index (χ0n) is 14.8. The number of hydrogen-bond acceptors (Lipinski definition) is 6. The molecule has 1 aromatic rings. The Balaban J connectivity index is 1.43. The van der Waals surface area contributed by atoms with Gasteiger partial charge in [0, 0.05) is 24.9 Å². The van der Waals surface area contributed by atoms with E-state index in [9.17, 15) is 9.59 Å². The molecule has 0 unspecified atom stereocenters. The van der Waals surface area contributed by atoms with E-state index in [4.69, 9.17) is 4.52 Å². The zero-order valence-corrected chi connectivity index (χ0v) is 14.8. The highest BCUT2D eigenvalue weighted by atomic mass is 16.5. The summed E-state index contributed by atoms with van der Waals surface area (Å²) >= 11 is 0. The predicted octanol–water partition coefficient (Wildman–Crippen LogP) is 1.49. The standard InChI is InChI=1S/C17H25N5O3/c1-3-22-15(23)17(2,19-16(22)24)12-5-4-8-21(9-12)10-13-18-14(25-20-13)11-6-7-11/h11-12H,3-10H2,1-2H3,(H,19,24)/t12-,17-/m1/s1. The first-order chi connectivity index (χ1) is 12.0. The molecule has 2 saturated heterocycles. The number of imide groups is 1. The van der Waals surface area contributed by atoms with Crippen molar-refractivity contribution in [2.45, 2.75) is 57.5 Å². The van der Waals surface area contributed by atoms with Gasteiger partial charge in [0.2, 0.25) is 5.89 Å². The summed E-state index contributed by atoms with van der Waals surface area (Å²) in [6.07, 6.45) is 4.20. The van der Waals surface area contributed by atoms with Crippen LogP contribution in [0.5, 0.6) is 0 Å². The van der Waals surface area contributed by atoms with Crippen LogP contribution >= 0.6 is 0 Å². The molecule has 0 bridgehead atoms. The fraction of sp³-hybridized carbons (Fsp3) is 0.765. The number of likely N-dealkylation sites (tertiary alicyclic amines) is 1. The van der Waals surface area contributed by atoms with Crippen molar-refractivity contribution >= 4 is 11.9 Å². The van der Waals surface area contributed by atoms with Gasteiger partial charge in [0.25, 0.3) is 5.91 Å². The summed E-state index contributed by atoms with van der Waals surface area (Å²) in [4.78, 5) is 32.8. The largest absolute Gasteiger partial charge is 0.339 e. The lowest BCUT2D eigenvalue weighted by molar-refractivity contribution is -0.133. The summed E-state index contributed by atoms with van der Waals surface area (Å²) in [5.41, 5.74) is -0.817. The maximum atomic E-state index is 12.7. The topological polar surface area (TPSA) is 91.6 Å². The maximum Gasteiger partial charge on any atom is 0.325 e. The van der Waals surface area contributed by atoms with E-state index in [1.54, 1.807) is 0 Å². The number of carbonyl (C=O) groups is 2. The van der Waals surface area contributed by atoms with E-state index >= 15 is 0 Å². The molecule has 0 aromatic carbocycles. The summed E-state index contributed by atoms with van der Waals surface area (Å²) in [6.45, 7) is 6.40. The third-order valence-electron chi connectivity index (χ3n) is 5.71. The Morgan fingerprint density at radius 3 is 2.80 bits per heavy atom. The molecule has 3 heterocycles. The van der Waals surface area contributed by atoms with E-state index < -0.39 is 5.54 Å². The molecule has 1 saturated carbocycles. The SMILES string of the molecule is CCN1C(=O)N[C@](C)([C@@H]2CCCN(Cc3noc(C4CC4)n3)C2)C1=O. The lowest BCUT2D eigenvalue weighted by Crippen LogP contribution is -2.55. The third-order valence-corrected chi connectivity index (χ3v) is 5.71. The second kappa shape index (κ2) is 6.09. The van der Waals surface area contributed by atoms with Gasteiger partial charge < -0.3 is 9.84 Å². The smallest absolute Gasteiger partial charge is 0.325 e. The van der Waals surface area contributed by atoms with E-state index in [1.165, 1.54) is 4.90 Å². The van der Waals surface area contributed by atoms with Crippen molar-refractivity contribution in [3.05, 3.63) is 11.7 Å². The first-order valence-corrected chi connectivity index (χ1v) is 9.20. The zero-order chi connectivity index (χ0) is 17.6. The monoisotopic (exact) mass is 347 g/mol. The van der Waals surface area contributed by atoms with Crippen LogP contribution in [0.2, 0.25) is 0 Å². The summed E-state index contributed by atoms with van der Waals surface area (Å²) in [5, 5.41) is 7.01. The number of rotatable bonds is 5. The van der Waals surface area contributed by atoms with Crippen LogP contribution in [0.25, 0.3) is 0 Å². The van der Waals surface area contributed by atoms with E-state index in [0.29, 0.717) is 24.8 Å². The number of likely N-dealkylation sites (N-methyl/N-ethyl adjacent to an activating group) is 1. The summed E-state index contributed by atoms with van der Waals surface area (Å²) in [5.74, 6) is 1.91. The van der Waals surface area contributed by atoms with Gasteiger partial charge in [-0.2, -0.15) is 4.98 Å². The highest BCUT2D eigenvalue weighted by molar-refractivity contribution is 6.07. The summed E-state index contributed by atoms with van der Waals surface area (Å²) < 4.78 is 5.33. The molecule has 3 fully saturated rings. The van der Waals surface area contributed by atoms with Crippen LogP contribution < -0.4 is 5.32 Å². The third kappa shape index (κ3) is 2.92. The normalized spacial score (nSPS) is 30.8. The average Bonchev–Trinajstić information content (AvgIpc) is 3.30. The van der Waals surface area contributed by atoms with Gasteiger partial charge in [0.15, 0.2) is 5.82 Å². The quantitative estimate of drug-likeness (QED) is 0.812. The highest BCUT2D eigenvalue weighted by Gasteiger charge is 2.52. The lowest BCUT2D eigenvalue weighted by Gasteiger charge is -2.39. The van der Waals surface area contributed by atoms with E-state index in [0.717, 1.165) is 44.7 Å². The first kappa shape index (κ1) is 16.5. The minimum Gasteiger partial charge on any atom is -0.339 e. The number of aromatic nitrogens is 2. The van der Waals surface area contributed by atoms with Gasteiger partial charge in [-0.15, -0.1) is 0 Å². The van der Waals surface area contributed by atoms with Crippen LogP contribution in [-0.2, 0) is 11.3 Å². The molecular weight excluding hydrogens is 322 g/mol. The average molecular weight is 347 g/mol. The molecular formula is C17H25N5O3. The van der Waals surface area contributed by atoms with E-state index in [1.807, 2.05) is 13.8 Å². The molecule has 1 aliphatic carbocycles. The Morgan fingerprint density at radius 2 is 2.12 bits per heavy atom. The van der Waals surface area contributed by atoms with Crippen LogP contribution in [0, 0.1) is 5.92 Å². The first-order valence-electron chi connectivity index (χ1n) is 9.20. The lowest BCUT2D eigenvalue weighted by atomic mass is 9.80. The van der Waals surface area contributed by atoms with Crippen molar-refractivity contribution in [2.24, 2.45) is 5.92 Å². The minimum absolute atomic E-state index is 0.0871. The molecule has 136 valence electrons. The van der Waals surface area contributed by atoms with Crippen molar-refractivity contribution in [2.75, 3.05) is 19.6 Å². The van der Waals surface area contributed by atoms with Crippen molar-refractivity contribution in [3.63, 3.8) is 0 Å². The van der Waals surface area contributed by atoms with Gasteiger partial charge in [-0.3, -0.25) is 14.6 Å². The van der Waals surface area contributed by atoms with Gasteiger partial charge >= 0.3 is 6.03 Å². The second-order valence-corrected chi connectivity index (χ2v) is 7.58. The molecule has 0 radical (unpaired) electrons. The van der Waals surface area contributed by atoms with Crippen LogP contribution in [0.15, 0.2) is 4.52 Å². The van der Waals surface area contributed by atoms with Gasteiger partial charge in [-0.1, -0.05) is 5.16 Å². The Bertz CT molecular complexity index is 686. The molecule has 1 N–H and O–H groups in total. The molecule has 8 nitrogen and oxygen atoms in total. The van der Waals surface area contributed by atoms with Crippen molar-refractivity contribution in [1.29, 1.82) is 0 Å². The number of amides is 3. The van der Waals surface area contributed by atoms with Crippen molar-refractivity contribution in [3.8, 4) is 0 Å². The number of nitrogens with zero attached hydrogens (tertiary/aromatic N) is 4. The second-order valence-electron chi connectivity index (χ2n) is 7.58. The molecule has 2 atom stereocenters. The molecule has 8 heteroatoms. The van der Waals surface area contributed by atoms with E-state index in [2.05, 4.69) is 20.4 Å². The molecule has 2 aliphatic heterocycles. The minimum atomic E-state index is -0.817. The summed E-state index contributed by atoms with van der Waals surface area (Å²) in [7, 11) is 0. The van der Waals surface area contributed by atoms with Crippen LogP contribution in [-0.4, -0.2) is 57.1 Å².